The molecule has 1 saturated carbocycles. The lowest BCUT2D eigenvalue weighted by molar-refractivity contribution is 0.0890. The fraction of sp³-hybridized carbons (Fsp3) is 0.280. The highest BCUT2D eigenvalue weighted by Crippen LogP contribution is 2.28. The first-order chi connectivity index (χ1) is 16.5. The summed E-state index contributed by atoms with van der Waals surface area (Å²) in [6, 6.07) is 11.9. The highest BCUT2D eigenvalue weighted by atomic mass is 32.2. The zero-order valence-electron chi connectivity index (χ0n) is 18.7. The molecule has 0 bridgehead atoms. The molecule has 0 atom stereocenters. The molecule has 1 aliphatic rings. The van der Waals surface area contributed by atoms with Crippen LogP contribution in [0, 0.1) is 5.82 Å². The molecule has 0 aliphatic heterocycles. The van der Waals surface area contributed by atoms with Crippen molar-refractivity contribution >= 4 is 23.6 Å². The van der Waals surface area contributed by atoms with Gasteiger partial charge < -0.3 is 15.4 Å². The molecular formula is C25H25FN4O3S. The predicted molar refractivity (Wildman–Crippen MR) is 128 cm³/mol. The third-order valence-corrected chi connectivity index (χ3v) is 6.36. The summed E-state index contributed by atoms with van der Waals surface area (Å²) >= 11 is 1.56. The summed E-state index contributed by atoms with van der Waals surface area (Å²) in [4.78, 5) is 34.3. The number of ether oxygens (including phenoxy) is 1. The van der Waals surface area contributed by atoms with Crippen molar-refractivity contribution in [3.8, 4) is 11.6 Å². The van der Waals surface area contributed by atoms with Gasteiger partial charge in [0.1, 0.15) is 17.1 Å². The fourth-order valence-corrected chi connectivity index (χ4v) is 4.31. The Hall–Kier alpha value is -3.46. The van der Waals surface area contributed by atoms with E-state index < -0.39 is 11.7 Å². The van der Waals surface area contributed by atoms with Crippen LogP contribution < -0.4 is 15.4 Å². The second kappa shape index (κ2) is 11.1. The zero-order valence-corrected chi connectivity index (χ0v) is 19.5. The highest BCUT2D eigenvalue weighted by Gasteiger charge is 2.26. The van der Waals surface area contributed by atoms with E-state index >= 15 is 0 Å². The van der Waals surface area contributed by atoms with Crippen molar-refractivity contribution in [1.82, 2.24) is 20.6 Å². The van der Waals surface area contributed by atoms with Crippen LogP contribution in [0.4, 0.5) is 4.39 Å². The quantitative estimate of drug-likeness (QED) is 0.480. The van der Waals surface area contributed by atoms with Crippen molar-refractivity contribution in [3.05, 3.63) is 78.0 Å². The second-order valence-corrected chi connectivity index (χ2v) is 8.90. The summed E-state index contributed by atoms with van der Waals surface area (Å²) in [5, 5.41) is 5.99. The molecule has 3 aromatic rings. The number of rotatable bonds is 7. The Morgan fingerprint density at radius 3 is 2.41 bits per heavy atom. The van der Waals surface area contributed by atoms with Crippen LogP contribution in [-0.4, -0.2) is 40.1 Å². The van der Waals surface area contributed by atoms with Crippen LogP contribution in [0.5, 0.6) is 11.6 Å². The van der Waals surface area contributed by atoms with E-state index in [1.54, 1.807) is 36.2 Å². The van der Waals surface area contributed by atoms with Gasteiger partial charge >= 0.3 is 0 Å². The first kappa shape index (κ1) is 23.7. The minimum Gasteiger partial charge on any atom is -0.438 e. The maximum Gasteiger partial charge on any atom is 0.257 e. The zero-order chi connectivity index (χ0) is 23.9. The van der Waals surface area contributed by atoms with Crippen molar-refractivity contribution in [2.24, 2.45) is 0 Å². The van der Waals surface area contributed by atoms with Crippen LogP contribution in [0.3, 0.4) is 0 Å². The number of hydrogen-bond acceptors (Lipinski definition) is 6. The number of nitrogens with one attached hydrogen (secondary N) is 2. The van der Waals surface area contributed by atoms with Crippen molar-refractivity contribution in [3.63, 3.8) is 0 Å². The van der Waals surface area contributed by atoms with Crippen LogP contribution >= 0.6 is 11.8 Å². The summed E-state index contributed by atoms with van der Waals surface area (Å²) in [6.45, 7) is 0. The fourth-order valence-electron chi connectivity index (χ4n) is 3.86. The van der Waals surface area contributed by atoms with Crippen molar-refractivity contribution < 1.29 is 18.7 Å². The Kier molecular flexibility index (Phi) is 7.74. The average Bonchev–Trinajstić information content (AvgIpc) is 2.87. The van der Waals surface area contributed by atoms with Crippen molar-refractivity contribution in [2.75, 3.05) is 6.26 Å². The van der Waals surface area contributed by atoms with E-state index in [1.807, 2.05) is 24.5 Å². The Labute approximate surface area is 201 Å². The number of hydrogen-bond donors (Lipinski definition) is 2. The van der Waals surface area contributed by atoms with E-state index in [2.05, 4.69) is 20.6 Å². The Morgan fingerprint density at radius 2 is 1.74 bits per heavy atom. The number of benzene rings is 1. The first-order valence-electron chi connectivity index (χ1n) is 11.0. The van der Waals surface area contributed by atoms with Crippen LogP contribution in [0.15, 0.2) is 66.0 Å². The number of nitrogens with zero attached hydrogens (tertiary/aromatic N) is 2. The van der Waals surface area contributed by atoms with E-state index in [4.69, 9.17) is 4.74 Å². The van der Waals surface area contributed by atoms with Gasteiger partial charge in [-0.25, -0.2) is 9.37 Å². The lowest BCUT2D eigenvalue weighted by Gasteiger charge is -2.29. The summed E-state index contributed by atoms with van der Waals surface area (Å²) < 4.78 is 19.7. The number of pyridine rings is 2. The van der Waals surface area contributed by atoms with Gasteiger partial charge in [-0.2, -0.15) is 0 Å². The van der Waals surface area contributed by atoms with Crippen LogP contribution in [0.2, 0.25) is 0 Å². The monoisotopic (exact) mass is 480 g/mol. The van der Waals surface area contributed by atoms with Gasteiger partial charge in [0.05, 0.1) is 11.8 Å². The highest BCUT2D eigenvalue weighted by molar-refractivity contribution is 7.98. The number of amides is 2. The second-order valence-electron chi connectivity index (χ2n) is 8.02. The van der Waals surface area contributed by atoms with Crippen LogP contribution in [0.1, 0.15) is 46.4 Å². The minimum atomic E-state index is -0.614. The van der Waals surface area contributed by atoms with E-state index in [-0.39, 0.29) is 29.4 Å². The molecule has 2 N–H and O–H groups in total. The largest absolute Gasteiger partial charge is 0.438 e. The first-order valence-corrected chi connectivity index (χ1v) is 12.2. The average molecular weight is 481 g/mol. The molecule has 2 aromatic heterocycles. The molecule has 1 aromatic carbocycles. The number of carbonyl (C=O) groups excluding carboxylic acids is 2. The molecule has 0 radical (unpaired) electrons. The van der Waals surface area contributed by atoms with Gasteiger partial charge in [0.25, 0.3) is 11.8 Å². The topological polar surface area (TPSA) is 93.2 Å². The summed E-state index contributed by atoms with van der Waals surface area (Å²) in [7, 11) is 0. The number of aromatic nitrogens is 2. The van der Waals surface area contributed by atoms with Gasteiger partial charge in [0.15, 0.2) is 0 Å². The van der Waals surface area contributed by atoms with Gasteiger partial charge in [-0.15, -0.1) is 11.8 Å². The van der Waals surface area contributed by atoms with Gasteiger partial charge in [0, 0.05) is 29.4 Å². The molecule has 4 rings (SSSR count). The molecule has 7 nitrogen and oxygen atoms in total. The van der Waals surface area contributed by atoms with Gasteiger partial charge in [-0.3, -0.25) is 14.6 Å². The standard InChI is InChI=1S/C25H25FN4O3S/c1-34-21-6-2-5-20(13-21)33-25-22(12-17(26)15-28-25)24(32)30-19-9-7-18(8-10-19)29-23(31)16-4-3-11-27-14-16/h2-6,11-15,18-19H,7-10H2,1H3,(H,29,31)(H,30,32). The van der Waals surface area contributed by atoms with E-state index in [1.165, 1.54) is 6.20 Å². The molecule has 0 unspecified atom stereocenters. The summed E-state index contributed by atoms with van der Waals surface area (Å²) in [5.74, 6) is -0.638. The van der Waals surface area contributed by atoms with E-state index in [0.29, 0.717) is 24.2 Å². The van der Waals surface area contributed by atoms with E-state index in [0.717, 1.165) is 30.0 Å². The maximum absolute atomic E-state index is 13.9. The Morgan fingerprint density at radius 1 is 1.00 bits per heavy atom. The van der Waals surface area contributed by atoms with Gasteiger partial charge in [0.2, 0.25) is 5.88 Å². The molecule has 9 heteroatoms. The maximum atomic E-state index is 13.9. The number of halogens is 1. The Balaban J connectivity index is 1.36. The van der Waals surface area contributed by atoms with Crippen molar-refractivity contribution in [2.45, 2.75) is 42.7 Å². The Bertz CT molecular complexity index is 1150. The third kappa shape index (κ3) is 6.11. The lowest BCUT2D eigenvalue weighted by atomic mass is 9.90. The molecule has 34 heavy (non-hydrogen) atoms. The third-order valence-electron chi connectivity index (χ3n) is 5.64. The number of thioether (sulfide) groups is 1. The smallest absolute Gasteiger partial charge is 0.257 e. The van der Waals surface area contributed by atoms with Crippen LogP contribution in [-0.2, 0) is 0 Å². The predicted octanol–water partition coefficient (Wildman–Crippen LogP) is 4.60. The molecule has 0 spiro atoms. The molecule has 1 aliphatic carbocycles. The number of carbonyl (C=O) groups is 2. The van der Waals surface area contributed by atoms with Gasteiger partial charge in [-0.05, 0) is 68.3 Å². The summed E-state index contributed by atoms with van der Waals surface area (Å²) in [6.07, 6.45) is 8.97. The molecule has 1 fully saturated rings. The van der Waals surface area contributed by atoms with Crippen molar-refractivity contribution in [1.29, 1.82) is 0 Å². The van der Waals surface area contributed by atoms with E-state index in [9.17, 15) is 14.0 Å². The SMILES string of the molecule is CSc1cccc(Oc2ncc(F)cc2C(=O)NC2CCC(NC(=O)c3cccnc3)CC2)c1. The van der Waals surface area contributed by atoms with Crippen LogP contribution in [0.25, 0.3) is 0 Å². The molecule has 176 valence electrons. The molecule has 0 saturated heterocycles. The lowest BCUT2D eigenvalue weighted by Crippen LogP contribution is -2.43. The minimum absolute atomic E-state index is 0.0271. The van der Waals surface area contributed by atoms with Gasteiger partial charge in [-0.1, -0.05) is 6.07 Å². The molecular weight excluding hydrogens is 455 g/mol. The molecule has 2 heterocycles. The normalized spacial score (nSPS) is 17.6. The molecule has 2 amide bonds. The summed E-state index contributed by atoms with van der Waals surface area (Å²) in [5.41, 5.74) is 0.564.